The maximum atomic E-state index is 11.6. The Hall–Kier alpha value is -1.79. The summed E-state index contributed by atoms with van der Waals surface area (Å²) in [5.41, 5.74) is 2.13. The Morgan fingerprint density at radius 1 is 1.19 bits per heavy atom. The number of aliphatic hydroxyl groups is 1. The van der Waals surface area contributed by atoms with Gasteiger partial charge in [0.25, 0.3) is 0 Å². The van der Waals surface area contributed by atoms with Crippen molar-refractivity contribution in [2.24, 2.45) is 5.14 Å². The van der Waals surface area contributed by atoms with Crippen LogP contribution in [0.4, 0.5) is 0 Å². The largest absolute Gasteiger partial charge is 0.387 e. The van der Waals surface area contributed by atoms with E-state index in [2.05, 4.69) is 51.3 Å². The number of sulfonamides is 1. The predicted molar refractivity (Wildman–Crippen MR) is 130 cm³/mol. The number of primary sulfonamides is 1. The molecular weight excluding hydrogens is 527 g/mol. The maximum absolute atomic E-state index is 11.6. The van der Waals surface area contributed by atoms with E-state index in [0.717, 1.165) is 33.4 Å². The molecule has 31 heavy (non-hydrogen) atoms. The van der Waals surface area contributed by atoms with Gasteiger partial charge < -0.3 is 15.0 Å². The Morgan fingerprint density at radius 2 is 1.87 bits per heavy atom. The van der Waals surface area contributed by atoms with E-state index in [0.29, 0.717) is 6.54 Å². The van der Waals surface area contributed by atoms with Crippen molar-refractivity contribution in [3.05, 3.63) is 70.3 Å². The number of β-amino-alcohol motifs (C(OH)–C–C–N with tert-alkyl or cyclic N) is 1. The quantitative estimate of drug-likeness (QED) is 0.352. The van der Waals surface area contributed by atoms with Gasteiger partial charge in [-0.3, -0.25) is 0 Å². The van der Waals surface area contributed by atoms with Crippen LogP contribution < -0.4 is 10.5 Å². The van der Waals surface area contributed by atoms with Crippen molar-refractivity contribution in [1.29, 1.82) is 0 Å². The van der Waals surface area contributed by atoms with Crippen LogP contribution in [0.2, 0.25) is 0 Å². The molecule has 0 amide bonds. The second kappa shape index (κ2) is 9.78. The normalized spacial score (nSPS) is 13.3. The molecule has 1 heterocycles. The number of rotatable bonds is 9. The highest BCUT2D eigenvalue weighted by atomic mass is 127. The van der Waals surface area contributed by atoms with Gasteiger partial charge in [0, 0.05) is 24.8 Å². The molecule has 9 heteroatoms. The maximum Gasteiger partial charge on any atom is 0.238 e. The smallest absolute Gasteiger partial charge is 0.238 e. The second-order valence-electron chi connectivity index (χ2n) is 8.16. The van der Waals surface area contributed by atoms with E-state index in [-0.39, 0.29) is 10.4 Å². The Balaban J connectivity index is 1.65. The molecule has 1 aromatic heterocycles. The minimum atomic E-state index is -3.77. The Kier molecular flexibility index (Phi) is 7.53. The first kappa shape index (κ1) is 23.9. The van der Waals surface area contributed by atoms with Crippen LogP contribution in [0.1, 0.15) is 31.9 Å². The highest BCUT2D eigenvalue weighted by Gasteiger charge is 2.19. The molecule has 0 saturated heterocycles. The third-order valence-electron chi connectivity index (χ3n) is 5.14. The molecule has 3 aromatic rings. The first-order valence-corrected chi connectivity index (χ1v) is 12.5. The molecule has 0 aliphatic heterocycles. The number of aryl methyl sites for hydroxylation is 1. The summed E-state index contributed by atoms with van der Waals surface area (Å²) in [4.78, 5) is 4.29. The SMILES string of the molecule is CC(C)(CCn1cnc(I)c1)NCC(O)c1cccc(-c2cccc(S(N)(=O)=O)c2)c1. The molecular formula is C22H27IN4O3S. The number of hydrogen-bond acceptors (Lipinski definition) is 5. The number of aliphatic hydroxyl groups excluding tert-OH is 1. The number of imidazole rings is 1. The van der Waals surface area contributed by atoms with Crippen molar-refractivity contribution in [2.75, 3.05) is 6.54 Å². The lowest BCUT2D eigenvalue weighted by molar-refractivity contribution is 0.158. The van der Waals surface area contributed by atoms with E-state index < -0.39 is 16.1 Å². The zero-order chi connectivity index (χ0) is 22.6. The summed E-state index contributed by atoms with van der Waals surface area (Å²) in [7, 11) is -3.77. The summed E-state index contributed by atoms with van der Waals surface area (Å²) in [6, 6.07) is 13.9. The van der Waals surface area contributed by atoms with Crippen LogP contribution in [-0.2, 0) is 16.6 Å². The van der Waals surface area contributed by atoms with Gasteiger partial charge in [-0.25, -0.2) is 18.5 Å². The first-order chi connectivity index (χ1) is 14.5. The molecule has 3 rings (SSSR count). The molecule has 166 valence electrons. The predicted octanol–water partition coefficient (Wildman–Crippen LogP) is 3.29. The van der Waals surface area contributed by atoms with Gasteiger partial charge in [-0.05, 0) is 77.7 Å². The summed E-state index contributed by atoms with van der Waals surface area (Å²) in [6.07, 6.45) is 4.01. The average molecular weight is 554 g/mol. The molecule has 0 spiro atoms. The van der Waals surface area contributed by atoms with Gasteiger partial charge in [-0.15, -0.1) is 0 Å². The molecule has 7 nitrogen and oxygen atoms in total. The van der Waals surface area contributed by atoms with Crippen molar-refractivity contribution in [2.45, 2.75) is 43.4 Å². The number of nitrogens with two attached hydrogens (primary N) is 1. The number of aromatic nitrogens is 2. The van der Waals surface area contributed by atoms with Crippen LogP contribution in [0.15, 0.2) is 66.0 Å². The van der Waals surface area contributed by atoms with Gasteiger partial charge in [0.2, 0.25) is 10.0 Å². The number of nitrogens with one attached hydrogen (secondary N) is 1. The van der Waals surface area contributed by atoms with Gasteiger partial charge in [0.1, 0.15) is 3.70 Å². The van der Waals surface area contributed by atoms with E-state index >= 15 is 0 Å². The van der Waals surface area contributed by atoms with Gasteiger partial charge in [-0.1, -0.05) is 30.3 Å². The lowest BCUT2D eigenvalue weighted by Crippen LogP contribution is -2.42. The fraction of sp³-hybridized carbons (Fsp3) is 0.318. The lowest BCUT2D eigenvalue weighted by Gasteiger charge is -2.28. The van der Waals surface area contributed by atoms with Gasteiger partial charge in [0.15, 0.2) is 0 Å². The van der Waals surface area contributed by atoms with Crippen LogP contribution in [0.25, 0.3) is 11.1 Å². The third-order valence-corrected chi connectivity index (χ3v) is 6.61. The van der Waals surface area contributed by atoms with Crippen molar-refractivity contribution >= 4 is 32.6 Å². The summed E-state index contributed by atoms with van der Waals surface area (Å²) in [5, 5.41) is 19.4. The lowest BCUT2D eigenvalue weighted by atomic mass is 9.98. The van der Waals surface area contributed by atoms with Crippen molar-refractivity contribution in [3.63, 3.8) is 0 Å². The third kappa shape index (κ3) is 6.84. The van der Waals surface area contributed by atoms with Gasteiger partial charge in [0.05, 0.1) is 17.3 Å². The zero-order valence-corrected chi connectivity index (χ0v) is 20.5. The van der Waals surface area contributed by atoms with Gasteiger partial charge >= 0.3 is 0 Å². The fourth-order valence-electron chi connectivity index (χ4n) is 3.22. The topological polar surface area (TPSA) is 110 Å². The fourth-order valence-corrected chi connectivity index (χ4v) is 4.26. The molecule has 0 bridgehead atoms. The molecule has 0 fully saturated rings. The van der Waals surface area contributed by atoms with E-state index in [9.17, 15) is 13.5 Å². The van der Waals surface area contributed by atoms with Gasteiger partial charge in [-0.2, -0.15) is 0 Å². The first-order valence-electron chi connectivity index (χ1n) is 9.87. The number of halogens is 1. The second-order valence-corrected chi connectivity index (χ2v) is 10.8. The van der Waals surface area contributed by atoms with E-state index in [1.54, 1.807) is 12.1 Å². The standard InChI is InChI=1S/C22H27IN4O3S/c1-22(2,9-10-27-14-21(23)25-15-27)26-13-20(28)18-7-3-5-16(11-18)17-6-4-8-19(12-17)31(24,29)30/h3-8,11-12,14-15,20,26,28H,9-10,13H2,1-2H3,(H2,24,29,30). The van der Waals surface area contributed by atoms with E-state index in [1.165, 1.54) is 6.07 Å². The van der Waals surface area contributed by atoms with Crippen LogP contribution in [-0.4, -0.2) is 35.2 Å². The molecule has 4 N–H and O–H groups in total. The highest BCUT2D eigenvalue weighted by molar-refractivity contribution is 14.1. The monoisotopic (exact) mass is 554 g/mol. The summed E-state index contributed by atoms with van der Waals surface area (Å²) >= 11 is 2.19. The molecule has 0 saturated carbocycles. The zero-order valence-electron chi connectivity index (χ0n) is 17.5. The van der Waals surface area contributed by atoms with Crippen LogP contribution in [0.5, 0.6) is 0 Å². The van der Waals surface area contributed by atoms with Crippen molar-refractivity contribution in [3.8, 4) is 11.1 Å². The number of hydrogen-bond donors (Lipinski definition) is 3. The minimum absolute atomic E-state index is 0.0620. The van der Waals surface area contributed by atoms with Crippen molar-refractivity contribution in [1.82, 2.24) is 14.9 Å². The van der Waals surface area contributed by atoms with E-state index in [1.807, 2.05) is 42.9 Å². The summed E-state index contributed by atoms with van der Waals surface area (Å²) in [5.74, 6) is 0. The van der Waals surface area contributed by atoms with E-state index in [4.69, 9.17) is 5.14 Å². The highest BCUT2D eigenvalue weighted by Crippen LogP contribution is 2.25. The molecule has 0 aliphatic rings. The van der Waals surface area contributed by atoms with Crippen LogP contribution >= 0.6 is 22.6 Å². The number of nitrogens with zero attached hydrogens (tertiary/aromatic N) is 2. The Bertz CT molecular complexity index is 1140. The molecule has 0 radical (unpaired) electrons. The summed E-state index contributed by atoms with van der Waals surface area (Å²) < 4.78 is 26.3. The van der Waals surface area contributed by atoms with Crippen LogP contribution in [0.3, 0.4) is 0 Å². The number of benzene rings is 2. The summed E-state index contributed by atoms with van der Waals surface area (Å²) in [6.45, 7) is 5.45. The Labute approximate surface area is 196 Å². The molecule has 1 atom stereocenters. The molecule has 1 unspecified atom stereocenters. The molecule has 2 aromatic carbocycles. The Morgan fingerprint density at radius 3 is 2.52 bits per heavy atom. The average Bonchev–Trinajstić information content (AvgIpc) is 3.15. The molecule has 0 aliphatic carbocycles. The minimum Gasteiger partial charge on any atom is -0.387 e. The van der Waals surface area contributed by atoms with Crippen LogP contribution in [0, 0.1) is 3.70 Å². The van der Waals surface area contributed by atoms with Crippen molar-refractivity contribution < 1.29 is 13.5 Å².